The van der Waals surface area contributed by atoms with Crippen molar-refractivity contribution in [3.63, 3.8) is 0 Å². The Labute approximate surface area is 132 Å². The molecule has 3 heterocycles. The van der Waals surface area contributed by atoms with Gasteiger partial charge in [-0.05, 0) is 19.3 Å². The molecule has 0 saturated carbocycles. The Kier molecular flexibility index (Phi) is 4.71. The Bertz CT molecular complexity index is 738. The van der Waals surface area contributed by atoms with Crippen LogP contribution in [0.2, 0.25) is 0 Å². The van der Waals surface area contributed by atoms with Crippen LogP contribution in [-0.4, -0.2) is 38.2 Å². The number of carbonyl (C=O) groups is 1. The highest BCUT2D eigenvalue weighted by Gasteiger charge is 2.29. The van der Waals surface area contributed by atoms with Gasteiger partial charge in [0.15, 0.2) is 11.2 Å². The van der Waals surface area contributed by atoms with Gasteiger partial charge in [-0.2, -0.15) is 0 Å². The SMILES string of the molecule is CCCCC(=O)OC[C@@H]1CC[C@H](n2cnc3c(=O)[nH]cnc32)O1. The quantitative estimate of drug-likeness (QED) is 0.810. The number of imidazole rings is 1. The topological polar surface area (TPSA) is 99.1 Å². The van der Waals surface area contributed by atoms with E-state index in [-0.39, 0.29) is 30.5 Å². The van der Waals surface area contributed by atoms with Gasteiger partial charge in [0.25, 0.3) is 5.56 Å². The van der Waals surface area contributed by atoms with Crippen molar-refractivity contribution in [2.24, 2.45) is 0 Å². The highest BCUT2D eigenvalue weighted by Crippen LogP contribution is 2.29. The molecule has 23 heavy (non-hydrogen) atoms. The van der Waals surface area contributed by atoms with E-state index in [1.54, 1.807) is 10.9 Å². The number of hydrogen-bond donors (Lipinski definition) is 1. The summed E-state index contributed by atoms with van der Waals surface area (Å²) < 4.78 is 12.9. The lowest BCUT2D eigenvalue weighted by molar-refractivity contribution is -0.148. The molecular weight excluding hydrogens is 300 g/mol. The van der Waals surface area contributed by atoms with E-state index in [0.717, 1.165) is 25.7 Å². The number of ether oxygens (including phenoxy) is 2. The van der Waals surface area contributed by atoms with Crippen molar-refractivity contribution in [1.82, 2.24) is 19.5 Å². The van der Waals surface area contributed by atoms with Crippen molar-refractivity contribution in [2.45, 2.75) is 51.4 Å². The first-order chi connectivity index (χ1) is 11.2. The minimum atomic E-state index is -0.270. The first-order valence-corrected chi connectivity index (χ1v) is 7.90. The monoisotopic (exact) mass is 320 g/mol. The van der Waals surface area contributed by atoms with Gasteiger partial charge in [-0.15, -0.1) is 0 Å². The number of rotatable bonds is 6. The number of H-pyrrole nitrogens is 1. The van der Waals surface area contributed by atoms with Crippen LogP contribution in [0, 0.1) is 0 Å². The van der Waals surface area contributed by atoms with Gasteiger partial charge in [-0.25, -0.2) is 9.97 Å². The molecule has 0 aliphatic carbocycles. The third-order valence-electron chi connectivity index (χ3n) is 3.93. The molecule has 8 nitrogen and oxygen atoms in total. The minimum Gasteiger partial charge on any atom is -0.463 e. The Morgan fingerprint density at radius 3 is 3.17 bits per heavy atom. The van der Waals surface area contributed by atoms with E-state index in [1.165, 1.54) is 6.33 Å². The third-order valence-corrected chi connectivity index (χ3v) is 3.93. The Balaban J connectivity index is 1.60. The average Bonchev–Trinajstić information content (AvgIpc) is 3.18. The van der Waals surface area contributed by atoms with E-state index in [9.17, 15) is 9.59 Å². The van der Waals surface area contributed by atoms with Crippen molar-refractivity contribution in [2.75, 3.05) is 6.61 Å². The number of fused-ring (bicyclic) bond motifs is 1. The van der Waals surface area contributed by atoms with Crippen LogP contribution >= 0.6 is 0 Å². The molecule has 0 bridgehead atoms. The number of aromatic nitrogens is 4. The second-order valence-corrected chi connectivity index (χ2v) is 5.63. The van der Waals surface area contributed by atoms with Crippen LogP contribution in [0.15, 0.2) is 17.4 Å². The van der Waals surface area contributed by atoms with Gasteiger partial charge in [0.05, 0.1) is 18.8 Å². The number of nitrogens with zero attached hydrogens (tertiary/aromatic N) is 3. The molecule has 124 valence electrons. The fourth-order valence-electron chi connectivity index (χ4n) is 2.67. The summed E-state index contributed by atoms with van der Waals surface area (Å²) in [6.45, 7) is 2.30. The first-order valence-electron chi connectivity index (χ1n) is 7.90. The zero-order chi connectivity index (χ0) is 16.2. The maximum Gasteiger partial charge on any atom is 0.305 e. The van der Waals surface area contributed by atoms with Crippen molar-refractivity contribution in [3.8, 4) is 0 Å². The van der Waals surface area contributed by atoms with Crippen LogP contribution in [0.25, 0.3) is 11.2 Å². The summed E-state index contributed by atoms with van der Waals surface area (Å²) in [5.41, 5.74) is 0.526. The maximum absolute atomic E-state index is 11.7. The zero-order valence-corrected chi connectivity index (χ0v) is 13.0. The van der Waals surface area contributed by atoms with Crippen LogP contribution in [0.5, 0.6) is 0 Å². The summed E-state index contributed by atoms with van der Waals surface area (Å²) in [4.78, 5) is 33.9. The average molecular weight is 320 g/mol. The van der Waals surface area contributed by atoms with E-state index in [2.05, 4.69) is 15.0 Å². The molecule has 1 N–H and O–H groups in total. The van der Waals surface area contributed by atoms with Crippen molar-refractivity contribution in [1.29, 1.82) is 0 Å². The van der Waals surface area contributed by atoms with Crippen molar-refractivity contribution >= 4 is 17.1 Å². The van der Waals surface area contributed by atoms with E-state index in [0.29, 0.717) is 17.6 Å². The van der Waals surface area contributed by atoms with Gasteiger partial charge in [-0.3, -0.25) is 14.2 Å². The second-order valence-electron chi connectivity index (χ2n) is 5.63. The smallest absolute Gasteiger partial charge is 0.305 e. The van der Waals surface area contributed by atoms with Crippen molar-refractivity contribution < 1.29 is 14.3 Å². The van der Waals surface area contributed by atoms with E-state index in [4.69, 9.17) is 9.47 Å². The number of nitrogens with one attached hydrogen (secondary N) is 1. The van der Waals surface area contributed by atoms with Crippen LogP contribution in [0.1, 0.15) is 45.3 Å². The molecule has 1 aliphatic heterocycles. The van der Waals surface area contributed by atoms with Gasteiger partial charge in [0, 0.05) is 6.42 Å². The van der Waals surface area contributed by atoms with E-state index < -0.39 is 0 Å². The van der Waals surface area contributed by atoms with Crippen LogP contribution in [0.3, 0.4) is 0 Å². The molecule has 3 rings (SSSR count). The van der Waals surface area contributed by atoms with Gasteiger partial charge in [0.2, 0.25) is 0 Å². The molecule has 1 fully saturated rings. The largest absolute Gasteiger partial charge is 0.463 e. The molecule has 0 aromatic carbocycles. The summed E-state index contributed by atoms with van der Waals surface area (Å²) in [5, 5.41) is 0. The molecular formula is C15H20N4O4. The van der Waals surface area contributed by atoms with Crippen LogP contribution in [0.4, 0.5) is 0 Å². The van der Waals surface area contributed by atoms with Crippen LogP contribution < -0.4 is 5.56 Å². The fourth-order valence-corrected chi connectivity index (χ4v) is 2.67. The Morgan fingerprint density at radius 2 is 2.35 bits per heavy atom. The number of hydrogen-bond acceptors (Lipinski definition) is 6. The number of unbranched alkanes of at least 4 members (excludes halogenated alkanes) is 1. The zero-order valence-electron chi connectivity index (χ0n) is 13.0. The molecule has 2 aromatic heterocycles. The fraction of sp³-hybridized carbons (Fsp3) is 0.600. The molecule has 0 radical (unpaired) electrons. The normalized spacial score (nSPS) is 20.9. The summed E-state index contributed by atoms with van der Waals surface area (Å²) in [6, 6.07) is 0. The molecule has 0 unspecified atom stereocenters. The Hall–Kier alpha value is -2.22. The lowest BCUT2D eigenvalue weighted by atomic mass is 10.2. The third kappa shape index (κ3) is 3.42. The van der Waals surface area contributed by atoms with Gasteiger partial charge >= 0.3 is 5.97 Å². The second kappa shape index (κ2) is 6.91. The molecule has 2 atom stereocenters. The van der Waals surface area contributed by atoms with Crippen LogP contribution in [-0.2, 0) is 14.3 Å². The molecule has 0 spiro atoms. The summed E-state index contributed by atoms with van der Waals surface area (Å²) in [6.07, 6.45) is 6.35. The van der Waals surface area contributed by atoms with Crippen molar-refractivity contribution in [3.05, 3.63) is 23.0 Å². The maximum atomic E-state index is 11.7. The molecule has 0 amide bonds. The highest BCUT2D eigenvalue weighted by molar-refractivity contribution is 5.69. The standard InChI is InChI=1S/C15H20N4O4/c1-2-3-4-12(20)22-7-10-5-6-11(23-10)19-9-18-13-14(19)16-8-17-15(13)21/h8-11H,2-7H2,1H3,(H,16,17,21)/t10-,11+/m0/s1. The van der Waals surface area contributed by atoms with Gasteiger partial charge in [0.1, 0.15) is 12.8 Å². The number of carbonyl (C=O) groups excluding carboxylic acids is 1. The van der Waals surface area contributed by atoms with Gasteiger partial charge in [-0.1, -0.05) is 13.3 Å². The Morgan fingerprint density at radius 1 is 1.48 bits per heavy atom. The lowest BCUT2D eigenvalue weighted by Crippen LogP contribution is -2.19. The molecule has 1 aliphatic rings. The summed E-state index contributed by atoms with van der Waals surface area (Å²) in [5.74, 6) is -0.180. The molecule has 1 saturated heterocycles. The minimum absolute atomic E-state index is 0.134. The van der Waals surface area contributed by atoms with E-state index in [1.807, 2.05) is 6.92 Å². The number of aromatic amines is 1. The number of esters is 1. The first kappa shape index (κ1) is 15.7. The lowest BCUT2D eigenvalue weighted by Gasteiger charge is -2.15. The summed E-state index contributed by atoms with van der Waals surface area (Å²) >= 11 is 0. The molecule has 8 heteroatoms. The molecule has 2 aromatic rings. The van der Waals surface area contributed by atoms with E-state index >= 15 is 0 Å². The predicted molar refractivity (Wildman–Crippen MR) is 81.8 cm³/mol. The highest BCUT2D eigenvalue weighted by atomic mass is 16.6. The predicted octanol–water partition coefficient (Wildman–Crippen LogP) is 1.53. The summed E-state index contributed by atoms with van der Waals surface area (Å²) in [7, 11) is 0. The van der Waals surface area contributed by atoms with Gasteiger partial charge < -0.3 is 14.5 Å².